The molecule has 27 heavy (non-hydrogen) atoms. The fourth-order valence-electron chi connectivity index (χ4n) is 2.73. The summed E-state index contributed by atoms with van der Waals surface area (Å²) in [5, 5.41) is 0. The molecule has 0 unspecified atom stereocenters. The molecule has 2 amide bonds. The van der Waals surface area contributed by atoms with Crippen molar-refractivity contribution in [3.63, 3.8) is 0 Å². The number of carbonyl (C=O) groups is 3. The van der Waals surface area contributed by atoms with Crippen LogP contribution >= 0.6 is 0 Å². The van der Waals surface area contributed by atoms with E-state index >= 15 is 0 Å². The Morgan fingerprint density at radius 2 is 1.67 bits per heavy atom. The fourth-order valence-corrected chi connectivity index (χ4v) is 2.73. The van der Waals surface area contributed by atoms with Gasteiger partial charge in [-0.1, -0.05) is 49.7 Å². The number of benzene rings is 2. The van der Waals surface area contributed by atoms with E-state index in [2.05, 4.69) is 6.92 Å². The van der Waals surface area contributed by atoms with Gasteiger partial charge in [0, 0.05) is 24.6 Å². The minimum atomic E-state index is -0.686. The summed E-state index contributed by atoms with van der Waals surface area (Å²) in [7, 11) is 1.56. The van der Waals surface area contributed by atoms with Crippen molar-refractivity contribution < 1.29 is 14.4 Å². The number of hydrogen-bond acceptors (Lipinski definition) is 3. The second-order valence-electron chi connectivity index (χ2n) is 6.68. The van der Waals surface area contributed by atoms with E-state index in [9.17, 15) is 14.4 Å². The van der Waals surface area contributed by atoms with Crippen molar-refractivity contribution in [2.24, 2.45) is 5.73 Å². The molecule has 0 heterocycles. The number of primary amides is 1. The average Bonchev–Trinajstić information content (AvgIpc) is 2.70. The molecule has 0 aliphatic heterocycles. The van der Waals surface area contributed by atoms with E-state index in [0.29, 0.717) is 17.5 Å². The Labute approximate surface area is 160 Å². The van der Waals surface area contributed by atoms with Gasteiger partial charge < -0.3 is 10.6 Å². The number of Topliss-reactive ketones (excluding diaryl/α,β-unsaturated/α-hetero) is 1. The molecule has 5 heteroatoms. The van der Waals surface area contributed by atoms with Gasteiger partial charge in [-0.3, -0.25) is 14.4 Å². The zero-order valence-corrected chi connectivity index (χ0v) is 16.1. The van der Waals surface area contributed by atoms with Gasteiger partial charge in [0.1, 0.15) is 6.04 Å². The van der Waals surface area contributed by atoms with Crippen LogP contribution in [0.4, 0.5) is 0 Å². The summed E-state index contributed by atoms with van der Waals surface area (Å²) in [5.41, 5.74) is 8.25. The predicted octanol–water partition coefficient (Wildman–Crippen LogP) is 3.67. The Balaban J connectivity index is 2.21. The quantitative estimate of drug-likeness (QED) is 0.724. The summed E-state index contributed by atoms with van der Waals surface area (Å²) in [6.07, 6.45) is 2.44. The van der Waals surface area contributed by atoms with Crippen molar-refractivity contribution in [3.05, 3.63) is 59.7 Å². The van der Waals surface area contributed by atoms with Gasteiger partial charge in [0.15, 0.2) is 5.78 Å². The zero-order valence-electron chi connectivity index (χ0n) is 16.1. The van der Waals surface area contributed by atoms with Crippen LogP contribution in [0.5, 0.6) is 0 Å². The Hall–Kier alpha value is -2.95. The molecule has 0 spiro atoms. The molecule has 0 aromatic heterocycles. The third kappa shape index (κ3) is 5.03. The molecular weight excluding hydrogens is 340 g/mol. The van der Waals surface area contributed by atoms with Gasteiger partial charge in [-0.05, 0) is 36.6 Å². The lowest BCUT2D eigenvalue weighted by Crippen LogP contribution is -2.43. The average molecular weight is 366 g/mol. The number of nitrogens with two attached hydrogens (primary N) is 1. The molecule has 0 aliphatic carbocycles. The molecule has 0 saturated heterocycles. The van der Waals surface area contributed by atoms with Gasteiger partial charge in [-0.2, -0.15) is 0 Å². The minimum Gasteiger partial charge on any atom is -0.368 e. The SMILES string of the molecule is CCCCC(=O)c1ccc(-c2cccc(C(=O)N(C)[C@H](C)C(N)=O)c2)cc1. The summed E-state index contributed by atoms with van der Waals surface area (Å²) in [5.74, 6) is -0.672. The summed E-state index contributed by atoms with van der Waals surface area (Å²) < 4.78 is 0. The molecule has 0 bridgehead atoms. The molecule has 1 atom stereocenters. The standard InChI is InChI=1S/C22H26N2O3/c1-4-5-9-20(25)17-12-10-16(11-13-17)18-7-6-8-19(14-18)22(27)24(3)15(2)21(23)26/h6-8,10-15H,4-5,9H2,1-3H3,(H2,23,26)/t15-/m1/s1. The van der Waals surface area contributed by atoms with Crippen LogP contribution in [0.1, 0.15) is 53.8 Å². The van der Waals surface area contributed by atoms with Crippen molar-refractivity contribution in [1.82, 2.24) is 4.90 Å². The second kappa shape index (κ2) is 9.12. The number of rotatable bonds is 8. The Bertz CT molecular complexity index is 828. The maximum absolute atomic E-state index is 12.6. The largest absolute Gasteiger partial charge is 0.368 e. The number of carbonyl (C=O) groups excluding carboxylic acids is 3. The number of ketones is 1. The lowest BCUT2D eigenvalue weighted by atomic mass is 9.99. The molecular formula is C22H26N2O3. The molecule has 0 fully saturated rings. The molecule has 5 nitrogen and oxygen atoms in total. The van der Waals surface area contributed by atoms with Crippen LogP contribution < -0.4 is 5.73 Å². The van der Waals surface area contributed by atoms with Gasteiger partial charge in [0.25, 0.3) is 5.91 Å². The van der Waals surface area contributed by atoms with Crippen molar-refractivity contribution in [3.8, 4) is 11.1 Å². The normalized spacial score (nSPS) is 11.7. The van der Waals surface area contributed by atoms with Crippen LogP contribution in [0.2, 0.25) is 0 Å². The van der Waals surface area contributed by atoms with Crippen LogP contribution in [0.15, 0.2) is 48.5 Å². The monoisotopic (exact) mass is 366 g/mol. The van der Waals surface area contributed by atoms with E-state index in [1.54, 1.807) is 32.2 Å². The highest BCUT2D eigenvalue weighted by atomic mass is 16.2. The maximum Gasteiger partial charge on any atom is 0.254 e. The van der Waals surface area contributed by atoms with Crippen molar-refractivity contribution in [2.45, 2.75) is 39.2 Å². The number of nitrogens with zero attached hydrogens (tertiary/aromatic N) is 1. The first-order chi connectivity index (χ1) is 12.8. The Morgan fingerprint density at radius 3 is 2.26 bits per heavy atom. The van der Waals surface area contributed by atoms with Gasteiger partial charge in [-0.25, -0.2) is 0 Å². The number of likely N-dealkylation sites (N-methyl/N-ethyl adjacent to an activating group) is 1. The Morgan fingerprint density at radius 1 is 1.00 bits per heavy atom. The van der Waals surface area contributed by atoms with E-state index in [-0.39, 0.29) is 11.7 Å². The molecule has 2 rings (SSSR count). The Kier molecular flexibility index (Phi) is 6.88. The molecule has 2 aromatic rings. The van der Waals surface area contributed by atoms with Crippen molar-refractivity contribution in [1.29, 1.82) is 0 Å². The molecule has 2 N–H and O–H groups in total. The van der Waals surface area contributed by atoms with Gasteiger partial charge >= 0.3 is 0 Å². The third-order valence-electron chi connectivity index (χ3n) is 4.72. The lowest BCUT2D eigenvalue weighted by molar-refractivity contribution is -0.121. The molecule has 2 aromatic carbocycles. The van der Waals surface area contributed by atoms with Crippen LogP contribution in [0.3, 0.4) is 0 Å². The van der Waals surface area contributed by atoms with Gasteiger partial charge in [0.05, 0.1) is 0 Å². The third-order valence-corrected chi connectivity index (χ3v) is 4.72. The second-order valence-corrected chi connectivity index (χ2v) is 6.68. The van der Waals surface area contributed by atoms with Crippen LogP contribution in [0, 0.1) is 0 Å². The number of unbranched alkanes of at least 4 members (excludes halogenated alkanes) is 1. The first-order valence-corrected chi connectivity index (χ1v) is 9.15. The van der Waals surface area contributed by atoms with Gasteiger partial charge in [0.2, 0.25) is 5.91 Å². The highest BCUT2D eigenvalue weighted by molar-refractivity contribution is 5.98. The number of amides is 2. The van der Waals surface area contributed by atoms with Crippen molar-refractivity contribution in [2.75, 3.05) is 7.05 Å². The van der Waals surface area contributed by atoms with E-state index in [1.165, 1.54) is 4.90 Å². The van der Waals surface area contributed by atoms with Crippen LogP contribution in [0.25, 0.3) is 11.1 Å². The maximum atomic E-state index is 12.6. The molecule has 142 valence electrons. The zero-order chi connectivity index (χ0) is 20.0. The van der Waals surface area contributed by atoms with Crippen LogP contribution in [-0.4, -0.2) is 35.6 Å². The van der Waals surface area contributed by atoms with Gasteiger partial charge in [-0.15, -0.1) is 0 Å². The van der Waals surface area contributed by atoms with E-state index in [4.69, 9.17) is 5.73 Å². The fraction of sp³-hybridized carbons (Fsp3) is 0.318. The highest BCUT2D eigenvalue weighted by Crippen LogP contribution is 2.22. The molecule has 0 radical (unpaired) electrons. The smallest absolute Gasteiger partial charge is 0.254 e. The summed E-state index contributed by atoms with van der Waals surface area (Å²) >= 11 is 0. The summed E-state index contributed by atoms with van der Waals surface area (Å²) in [6, 6.07) is 13.9. The molecule has 0 aliphatic rings. The van der Waals surface area contributed by atoms with E-state index in [0.717, 1.165) is 24.0 Å². The highest BCUT2D eigenvalue weighted by Gasteiger charge is 2.21. The summed E-state index contributed by atoms with van der Waals surface area (Å²) in [6.45, 7) is 3.66. The van der Waals surface area contributed by atoms with E-state index < -0.39 is 11.9 Å². The topological polar surface area (TPSA) is 80.5 Å². The minimum absolute atomic E-state index is 0.148. The first kappa shape index (κ1) is 20.4. The molecule has 0 saturated carbocycles. The van der Waals surface area contributed by atoms with Crippen molar-refractivity contribution >= 4 is 17.6 Å². The first-order valence-electron chi connectivity index (χ1n) is 9.15. The van der Waals surface area contributed by atoms with E-state index in [1.807, 2.05) is 30.3 Å². The number of hydrogen-bond donors (Lipinski definition) is 1. The summed E-state index contributed by atoms with van der Waals surface area (Å²) in [4.78, 5) is 37.3. The van der Waals surface area contributed by atoms with Crippen LogP contribution in [-0.2, 0) is 4.79 Å². The predicted molar refractivity (Wildman–Crippen MR) is 106 cm³/mol. The lowest BCUT2D eigenvalue weighted by Gasteiger charge is -2.22.